The fourth-order valence-corrected chi connectivity index (χ4v) is 1.36. The van der Waals surface area contributed by atoms with Gasteiger partial charge in [-0.05, 0) is 26.0 Å². The Balaban J connectivity index is 2.59. The number of hydrogen-bond donors (Lipinski definition) is 3. The van der Waals surface area contributed by atoms with Crippen molar-refractivity contribution in [2.75, 3.05) is 18.9 Å². The highest BCUT2D eigenvalue weighted by Crippen LogP contribution is 2.21. The Labute approximate surface area is 116 Å². The fourth-order valence-electron chi connectivity index (χ4n) is 1.36. The molecule has 0 atom stereocenters. The number of rotatable bonds is 5. The molecule has 0 aliphatic carbocycles. The van der Waals surface area contributed by atoms with Crippen molar-refractivity contribution < 1.29 is 18.7 Å². The highest BCUT2D eigenvalue weighted by molar-refractivity contribution is 5.92. The maximum absolute atomic E-state index is 13.7. The molecule has 0 bridgehead atoms. The van der Waals surface area contributed by atoms with E-state index >= 15 is 0 Å². The second kappa shape index (κ2) is 7.32. The monoisotopic (exact) mass is 283 g/mol. The largest absolute Gasteiger partial charge is 0.491 e. The Hall–Kier alpha value is -2.31. The van der Waals surface area contributed by atoms with E-state index in [9.17, 15) is 14.0 Å². The topological polar surface area (TPSA) is 79.5 Å². The van der Waals surface area contributed by atoms with Gasteiger partial charge >= 0.3 is 6.03 Å². The van der Waals surface area contributed by atoms with Crippen LogP contribution in [0, 0.1) is 5.82 Å². The number of anilines is 1. The van der Waals surface area contributed by atoms with Gasteiger partial charge in [0, 0.05) is 13.1 Å². The van der Waals surface area contributed by atoms with Gasteiger partial charge in [-0.2, -0.15) is 0 Å². The molecule has 0 fully saturated rings. The van der Waals surface area contributed by atoms with E-state index in [1.54, 1.807) is 6.07 Å². The minimum atomic E-state index is -0.662. The van der Waals surface area contributed by atoms with Crippen molar-refractivity contribution in [1.82, 2.24) is 10.6 Å². The summed E-state index contributed by atoms with van der Waals surface area (Å²) in [6, 6.07) is 3.48. The average molecular weight is 283 g/mol. The van der Waals surface area contributed by atoms with Crippen LogP contribution in [-0.2, 0) is 4.79 Å². The van der Waals surface area contributed by atoms with E-state index in [-0.39, 0.29) is 24.2 Å². The zero-order chi connectivity index (χ0) is 15.1. The average Bonchev–Trinajstić information content (AvgIpc) is 2.38. The summed E-state index contributed by atoms with van der Waals surface area (Å²) in [4.78, 5) is 22.4. The maximum atomic E-state index is 13.7. The predicted molar refractivity (Wildman–Crippen MR) is 73.3 cm³/mol. The molecular formula is C13H18FN3O3. The van der Waals surface area contributed by atoms with Gasteiger partial charge in [0.05, 0.1) is 18.3 Å². The van der Waals surface area contributed by atoms with Crippen LogP contribution in [0.3, 0.4) is 0 Å². The molecule has 3 amide bonds. The van der Waals surface area contributed by atoms with E-state index in [0.717, 1.165) is 0 Å². The Morgan fingerprint density at radius 3 is 2.60 bits per heavy atom. The van der Waals surface area contributed by atoms with Crippen molar-refractivity contribution >= 4 is 17.6 Å². The van der Waals surface area contributed by atoms with Crippen LogP contribution in [0.15, 0.2) is 18.2 Å². The van der Waals surface area contributed by atoms with Crippen LogP contribution in [0.2, 0.25) is 0 Å². The molecule has 3 N–H and O–H groups in total. The first-order valence-electron chi connectivity index (χ1n) is 6.14. The lowest BCUT2D eigenvalue weighted by molar-refractivity contribution is -0.119. The predicted octanol–water partition coefficient (Wildman–Crippen LogP) is 1.48. The van der Waals surface area contributed by atoms with Crippen LogP contribution < -0.4 is 20.7 Å². The maximum Gasteiger partial charge on any atom is 0.319 e. The third-order valence-electron chi connectivity index (χ3n) is 2.25. The molecule has 7 heteroatoms. The van der Waals surface area contributed by atoms with Crippen molar-refractivity contribution in [3.8, 4) is 5.75 Å². The fraction of sp³-hybridized carbons (Fsp3) is 0.385. The highest BCUT2D eigenvalue weighted by atomic mass is 19.1. The van der Waals surface area contributed by atoms with Gasteiger partial charge in [-0.3, -0.25) is 4.79 Å². The molecule has 0 heterocycles. The van der Waals surface area contributed by atoms with Crippen LogP contribution in [0.4, 0.5) is 14.9 Å². The molecule has 20 heavy (non-hydrogen) atoms. The van der Waals surface area contributed by atoms with Crippen LogP contribution in [0.25, 0.3) is 0 Å². The van der Waals surface area contributed by atoms with Gasteiger partial charge in [-0.25, -0.2) is 9.18 Å². The smallest absolute Gasteiger partial charge is 0.319 e. The first-order valence-corrected chi connectivity index (χ1v) is 6.14. The normalized spacial score (nSPS) is 10.1. The summed E-state index contributed by atoms with van der Waals surface area (Å²) in [6.07, 6.45) is -0.0657. The highest BCUT2D eigenvalue weighted by Gasteiger charge is 2.09. The van der Waals surface area contributed by atoms with E-state index in [4.69, 9.17) is 4.74 Å². The molecule has 0 aliphatic heterocycles. The molecule has 0 saturated heterocycles. The van der Waals surface area contributed by atoms with Gasteiger partial charge in [0.15, 0.2) is 0 Å². The van der Waals surface area contributed by atoms with E-state index < -0.39 is 11.8 Å². The van der Waals surface area contributed by atoms with Crippen molar-refractivity contribution in [1.29, 1.82) is 0 Å². The molecule has 1 rings (SSSR count). The molecule has 0 unspecified atom stereocenters. The van der Waals surface area contributed by atoms with E-state index in [1.807, 2.05) is 13.8 Å². The second-order valence-corrected chi connectivity index (χ2v) is 4.29. The lowest BCUT2D eigenvalue weighted by Gasteiger charge is -2.12. The lowest BCUT2D eigenvalue weighted by atomic mass is 10.3. The van der Waals surface area contributed by atoms with Crippen LogP contribution >= 0.6 is 0 Å². The molecule has 0 spiro atoms. The molecular weight excluding hydrogens is 265 g/mol. The third-order valence-corrected chi connectivity index (χ3v) is 2.25. The van der Waals surface area contributed by atoms with Gasteiger partial charge in [0.25, 0.3) is 0 Å². The summed E-state index contributed by atoms with van der Waals surface area (Å²) in [6.45, 7) is 3.48. The third kappa shape index (κ3) is 5.13. The molecule has 0 saturated carbocycles. The van der Waals surface area contributed by atoms with Gasteiger partial charge in [0.1, 0.15) is 11.6 Å². The number of amides is 3. The van der Waals surface area contributed by atoms with Gasteiger partial charge in [-0.15, -0.1) is 0 Å². The Kier molecular flexibility index (Phi) is 5.76. The standard InChI is InChI=1S/C13H18FN3O3/c1-8(2)20-9-4-5-11(10(14)6-9)17-13(19)16-7-12(18)15-3/h4-6,8H,7H2,1-3H3,(H,15,18)(H2,16,17,19). The quantitative estimate of drug-likeness (QED) is 0.766. The summed E-state index contributed by atoms with van der Waals surface area (Å²) in [5, 5.41) is 6.95. The van der Waals surface area contributed by atoms with Crippen molar-refractivity contribution in [2.24, 2.45) is 0 Å². The first kappa shape index (κ1) is 15.7. The number of carbonyl (C=O) groups excluding carboxylic acids is 2. The van der Waals surface area contributed by atoms with E-state index in [1.165, 1.54) is 19.2 Å². The number of nitrogens with one attached hydrogen (secondary N) is 3. The summed E-state index contributed by atoms with van der Waals surface area (Å²) < 4.78 is 19.1. The minimum Gasteiger partial charge on any atom is -0.491 e. The Morgan fingerprint density at radius 2 is 2.05 bits per heavy atom. The molecule has 0 aromatic heterocycles. The molecule has 0 radical (unpaired) electrons. The molecule has 1 aromatic rings. The van der Waals surface area contributed by atoms with Crippen LogP contribution in [0.1, 0.15) is 13.8 Å². The summed E-state index contributed by atoms with van der Waals surface area (Å²) >= 11 is 0. The zero-order valence-electron chi connectivity index (χ0n) is 11.6. The number of hydrogen-bond acceptors (Lipinski definition) is 3. The van der Waals surface area contributed by atoms with E-state index in [0.29, 0.717) is 5.75 Å². The number of urea groups is 1. The number of halogens is 1. The first-order chi connectivity index (χ1) is 9.42. The van der Waals surface area contributed by atoms with E-state index in [2.05, 4.69) is 16.0 Å². The van der Waals surface area contributed by atoms with Crippen LogP contribution in [0.5, 0.6) is 5.75 Å². The molecule has 6 nitrogen and oxygen atoms in total. The summed E-state index contributed by atoms with van der Waals surface area (Å²) in [5.74, 6) is -0.576. The summed E-state index contributed by atoms with van der Waals surface area (Å²) in [7, 11) is 1.45. The van der Waals surface area contributed by atoms with Gasteiger partial charge < -0.3 is 20.7 Å². The zero-order valence-corrected chi connectivity index (χ0v) is 11.6. The second-order valence-electron chi connectivity index (χ2n) is 4.29. The summed E-state index contributed by atoms with van der Waals surface area (Å²) in [5.41, 5.74) is 0.00973. The number of benzene rings is 1. The Bertz CT molecular complexity index is 492. The molecule has 0 aliphatic rings. The molecule has 1 aromatic carbocycles. The lowest BCUT2D eigenvalue weighted by Crippen LogP contribution is -2.37. The van der Waals surface area contributed by atoms with Crippen molar-refractivity contribution in [3.05, 3.63) is 24.0 Å². The molecule has 110 valence electrons. The van der Waals surface area contributed by atoms with Gasteiger partial charge in [0.2, 0.25) is 5.91 Å². The van der Waals surface area contributed by atoms with Crippen molar-refractivity contribution in [3.63, 3.8) is 0 Å². The SMILES string of the molecule is CNC(=O)CNC(=O)Nc1ccc(OC(C)C)cc1F. The number of carbonyl (C=O) groups is 2. The number of likely N-dealkylation sites (N-methyl/N-ethyl adjacent to an activating group) is 1. The van der Waals surface area contributed by atoms with Gasteiger partial charge in [-0.1, -0.05) is 0 Å². The number of ether oxygens (including phenoxy) is 1. The van der Waals surface area contributed by atoms with Crippen LogP contribution in [-0.4, -0.2) is 31.6 Å². The minimum absolute atomic E-state index is 0.00973. The van der Waals surface area contributed by atoms with Crippen molar-refractivity contribution in [2.45, 2.75) is 20.0 Å². The Morgan fingerprint density at radius 1 is 1.35 bits per heavy atom.